The van der Waals surface area contributed by atoms with Gasteiger partial charge in [0.25, 0.3) is 0 Å². The summed E-state index contributed by atoms with van der Waals surface area (Å²) in [6, 6.07) is 22.6. The summed E-state index contributed by atoms with van der Waals surface area (Å²) in [5, 5.41) is 0. The van der Waals surface area contributed by atoms with E-state index in [9.17, 15) is 0 Å². The third kappa shape index (κ3) is 2.07. The van der Waals surface area contributed by atoms with Crippen LogP contribution >= 0.6 is 0 Å². The Morgan fingerprint density at radius 3 is 1.38 bits per heavy atom. The second kappa shape index (κ2) is 5.98. The molecule has 0 N–H and O–H groups in total. The van der Waals surface area contributed by atoms with Crippen LogP contribution in [0, 0.1) is 0 Å². The molecule has 0 saturated heterocycles. The first-order chi connectivity index (χ1) is 15.5. The highest BCUT2D eigenvalue weighted by atomic mass is 15.4. The van der Waals surface area contributed by atoms with Gasteiger partial charge in [-0.1, -0.05) is 48.5 Å². The zero-order valence-corrected chi connectivity index (χ0v) is 18.9. The molecule has 3 aromatic rings. The van der Waals surface area contributed by atoms with Gasteiger partial charge < -0.3 is 19.6 Å². The Kier molecular flexibility index (Phi) is 3.35. The van der Waals surface area contributed by atoms with E-state index in [4.69, 9.17) is 0 Å². The number of anilines is 2. The molecule has 3 aromatic carbocycles. The zero-order chi connectivity index (χ0) is 21.7. The van der Waals surface area contributed by atoms with Gasteiger partial charge in [-0.05, 0) is 37.1 Å². The Morgan fingerprint density at radius 1 is 0.531 bits per heavy atom. The topological polar surface area (TPSA) is 13.0 Å². The summed E-state index contributed by atoms with van der Waals surface area (Å²) in [4.78, 5) is 9.64. The van der Waals surface area contributed by atoms with Crippen molar-refractivity contribution in [2.24, 2.45) is 0 Å². The van der Waals surface area contributed by atoms with Crippen LogP contribution in [-0.2, 0) is 0 Å². The molecule has 0 amide bonds. The maximum absolute atomic E-state index is 2.51. The van der Waals surface area contributed by atoms with Crippen LogP contribution in [0.2, 0.25) is 0 Å². The molecule has 4 heterocycles. The maximum atomic E-state index is 2.51. The molecule has 0 aromatic heterocycles. The predicted molar refractivity (Wildman–Crippen MR) is 133 cm³/mol. The number of nitrogens with zero attached hydrogens (tertiary/aromatic N) is 4. The average Bonchev–Trinajstić information content (AvgIpc) is 3.29. The Bertz CT molecular complexity index is 1270. The lowest BCUT2D eigenvalue weighted by atomic mass is 9.85. The average molecular weight is 419 g/mol. The number of hydrogen-bond donors (Lipinski definition) is 0. The third-order valence-electron chi connectivity index (χ3n) is 7.72. The van der Waals surface area contributed by atoms with Gasteiger partial charge in [0.2, 0.25) is 0 Å². The molecule has 4 heteroatoms. The van der Waals surface area contributed by atoms with Gasteiger partial charge in [0.1, 0.15) is 12.3 Å². The molecule has 7 rings (SSSR count). The molecule has 0 bridgehead atoms. The molecule has 4 nitrogen and oxygen atoms in total. The van der Waals surface area contributed by atoms with Gasteiger partial charge in [0.15, 0.2) is 0 Å². The summed E-state index contributed by atoms with van der Waals surface area (Å²) in [7, 11) is 4.34. The highest BCUT2D eigenvalue weighted by Gasteiger charge is 2.40. The lowest BCUT2D eigenvalue weighted by molar-refractivity contribution is 0.382. The third-order valence-corrected chi connectivity index (χ3v) is 7.72. The van der Waals surface area contributed by atoms with E-state index >= 15 is 0 Å². The fourth-order valence-electron chi connectivity index (χ4n) is 5.84. The fourth-order valence-corrected chi connectivity index (χ4v) is 5.84. The number of fused-ring (bicyclic) bond motifs is 12. The first-order valence-electron chi connectivity index (χ1n) is 11.4. The molecule has 0 fully saturated rings. The van der Waals surface area contributed by atoms with Crippen LogP contribution in [-0.4, -0.2) is 36.2 Å². The van der Waals surface area contributed by atoms with Crippen molar-refractivity contribution in [3.05, 3.63) is 84.2 Å². The van der Waals surface area contributed by atoms with Crippen LogP contribution in [0.1, 0.15) is 25.0 Å². The molecule has 0 spiro atoms. The number of benzene rings is 3. The van der Waals surface area contributed by atoms with Gasteiger partial charge in [0.05, 0.1) is 22.8 Å². The SMILES string of the molecule is C[C@@H]1N(C)C=C2c3ccccc3-c3cc4c(cc3N21)N1C(=CN(C)[C@@H]1C)c1ccccc1-4. The maximum Gasteiger partial charge on any atom is 0.103 e. The largest absolute Gasteiger partial charge is 0.358 e. The lowest BCUT2D eigenvalue weighted by Crippen LogP contribution is -2.38. The lowest BCUT2D eigenvalue weighted by Gasteiger charge is -2.40. The van der Waals surface area contributed by atoms with Crippen molar-refractivity contribution in [3.63, 3.8) is 0 Å². The summed E-state index contributed by atoms with van der Waals surface area (Å²) >= 11 is 0. The molecular weight excluding hydrogens is 392 g/mol. The van der Waals surface area contributed by atoms with Crippen LogP contribution in [0.5, 0.6) is 0 Å². The van der Waals surface area contributed by atoms with E-state index in [0.717, 1.165) is 0 Å². The molecule has 0 radical (unpaired) electrons. The molecular formula is C28H26N4. The zero-order valence-electron chi connectivity index (χ0n) is 18.9. The van der Waals surface area contributed by atoms with E-state index in [2.05, 4.69) is 121 Å². The Balaban J connectivity index is 1.56. The van der Waals surface area contributed by atoms with Gasteiger partial charge in [-0.3, -0.25) is 0 Å². The van der Waals surface area contributed by atoms with Gasteiger partial charge in [-0.15, -0.1) is 0 Å². The predicted octanol–water partition coefficient (Wildman–Crippen LogP) is 5.84. The van der Waals surface area contributed by atoms with Crippen molar-refractivity contribution in [3.8, 4) is 22.3 Å². The molecule has 0 saturated carbocycles. The van der Waals surface area contributed by atoms with Crippen molar-refractivity contribution in [2.45, 2.75) is 26.2 Å². The Morgan fingerprint density at radius 2 is 0.938 bits per heavy atom. The van der Waals surface area contributed by atoms with Crippen LogP contribution in [0.4, 0.5) is 11.4 Å². The van der Waals surface area contributed by atoms with Crippen molar-refractivity contribution >= 4 is 22.8 Å². The van der Waals surface area contributed by atoms with Crippen molar-refractivity contribution < 1.29 is 0 Å². The van der Waals surface area contributed by atoms with Gasteiger partial charge in [0, 0.05) is 48.7 Å². The molecule has 32 heavy (non-hydrogen) atoms. The van der Waals surface area contributed by atoms with Crippen LogP contribution < -0.4 is 9.80 Å². The quantitative estimate of drug-likeness (QED) is 0.455. The second-order valence-electron chi connectivity index (χ2n) is 9.34. The van der Waals surface area contributed by atoms with Gasteiger partial charge >= 0.3 is 0 Å². The molecule has 4 aliphatic heterocycles. The van der Waals surface area contributed by atoms with E-state index in [0.29, 0.717) is 0 Å². The van der Waals surface area contributed by atoms with Gasteiger partial charge in [-0.25, -0.2) is 0 Å². The van der Waals surface area contributed by atoms with Gasteiger partial charge in [-0.2, -0.15) is 0 Å². The summed E-state index contributed by atoms with van der Waals surface area (Å²) < 4.78 is 0. The van der Waals surface area contributed by atoms with Crippen LogP contribution in [0.15, 0.2) is 73.1 Å². The summed E-state index contributed by atoms with van der Waals surface area (Å²) in [5.41, 5.74) is 13.1. The van der Waals surface area contributed by atoms with E-state index in [-0.39, 0.29) is 12.3 Å². The van der Waals surface area contributed by atoms with Crippen molar-refractivity contribution in [2.75, 3.05) is 23.9 Å². The molecule has 158 valence electrons. The first kappa shape index (κ1) is 18.0. The fraction of sp³-hybridized carbons (Fsp3) is 0.214. The minimum atomic E-state index is 0.278. The number of rotatable bonds is 0. The van der Waals surface area contributed by atoms with Crippen LogP contribution in [0.3, 0.4) is 0 Å². The van der Waals surface area contributed by atoms with Crippen molar-refractivity contribution in [1.82, 2.24) is 9.80 Å². The summed E-state index contributed by atoms with van der Waals surface area (Å²) in [5.74, 6) is 0. The Hall–Kier alpha value is -3.66. The minimum absolute atomic E-state index is 0.278. The highest BCUT2D eigenvalue weighted by molar-refractivity contribution is 6.07. The second-order valence-corrected chi connectivity index (χ2v) is 9.34. The normalized spacial score (nSPS) is 21.9. The van der Waals surface area contributed by atoms with Crippen LogP contribution in [0.25, 0.3) is 33.6 Å². The summed E-state index contributed by atoms with van der Waals surface area (Å²) in [6.07, 6.45) is 5.14. The van der Waals surface area contributed by atoms with E-state index in [1.165, 1.54) is 56.1 Å². The molecule has 0 unspecified atom stereocenters. The smallest absolute Gasteiger partial charge is 0.103 e. The first-order valence-corrected chi connectivity index (χ1v) is 11.4. The number of hydrogen-bond acceptors (Lipinski definition) is 4. The molecule has 0 aliphatic carbocycles. The Labute approximate surface area is 189 Å². The van der Waals surface area contributed by atoms with E-state index < -0.39 is 0 Å². The molecule has 2 atom stereocenters. The van der Waals surface area contributed by atoms with Crippen molar-refractivity contribution in [1.29, 1.82) is 0 Å². The monoisotopic (exact) mass is 418 g/mol. The minimum Gasteiger partial charge on any atom is -0.358 e. The van der Waals surface area contributed by atoms with E-state index in [1.54, 1.807) is 0 Å². The molecule has 4 aliphatic rings. The van der Waals surface area contributed by atoms with E-state index in [1.807, 2.05) is 0 Å². The standard InChI is InChI=1S/C28H26N4/c1-17-29(3)15-27-21-11-7-5-9-19(21)23-13-24-20-10-6-8-12-22(20)28-16-30(4)18(2)32(28)26(24)14-25(23)31(17)27/h5-18H,1-4H3/t17-,18+. The highest BCUT2D eigenvalue weighted by Crippen LogP contribution is 2.55. The summed E-state index contributed by atoms with van der Waals surface area (Å²) in [6.45, 7) is 4.57.